The van der Waals surface area contributed by atoms with Crippen LogP contribution in [0.15, 0.2) is 0 Å². The summed E-state index contributed by atoms with van der Waals surface area (Å²) < 4.78 is 11.9. The number of hydrogen-bond donors (Lipinski definition) is 1. The Balaban J connectivity index is 1.69. The first-order valence-electron chi connectivity index (χ1n) is 8.41. The zero-order valence-electron chi connectivity index (χ0n) is 13.1. The lowest BCUT2D eigenvalue weighted by atomic mass is 9.83. The summed E-state index contributed by atoms with van der Waals surface area (Å²) in [6, 6.07) is 1.86. The Morgan fingerprint density at radius 3 is 2.40 bits per heavy atom. The lowest BCUT2D eigenvalue weighted by Crippen LogP contribution is -2.58. The van der Waals surface area contributed by atoms with E-state index >= 15 is 0 Å². The van der Waals surface area contributed by atoms with Gasteiger partial charge in [0, 0.05) is 31.0 Å². The van der Waals surface area contributed by atoms with Gasteiger partial charge in [0.1, 0.15) is 0 Å². The standard InChI is InChI=1S/C16H30N2O2/c1-17-14-8-9-16(19-10-11-20-16)12-15(14)18(2)13-6-4-3-5-7-13/h13-15,17H,3-12H2,1-2H3. The summed E-state index contributed by atoms with van der Waals surface area (Å²) in [5.74, 6) is -0.277. The second kappa shape index (κ2) is 6.30. The van der Waals surface area contributed by atoms with Crippen molar-refractivity contribution in [1.29, 1.82) is 0 Å². The van der Waals surface area contributed by atoms with Gasteiger partial charge in [-0.05, 0) is 33.4 Å². The van der Waals surface area contributed by atoms with Gasteiger partial charge in [0.2, 0.25) is 0 Å². The summed E-state index contributed by atoms with van der Waals surface area (Å²) in [4.78, 5) is 2.63. The Hall–Kier alpha value is -0.160. The summed E-state index contributed by atoms with van der Waals surface area (Å²) in [6.45, 7) is 1.54. The molecular formula is C16H30N2O2. The van der Waals surface area contributed by atoms with Crippen LogP contribution in [0, 0.1) is 0 Å². The van der Waals surface area contributed by atoms with Gasteiger partial charge in [0.05, 0.1) is 13.2 Å². The molecule has 4 nitrogen and oxygen atoms in total. The Morgan fingerprint density at radius 2 is 1.75 bits per heavy atom. The molecule has 0 bridgehead atoms. The van der Waals surface area contributed by atoms with Crippen molar-refractivity contribution in [2.45, 2.75) is 75.3 Å². The lowest BCUT2D eigenvalue weighted by molar-refractivity contribution is -0.194. The molecular weight excluding hydrogens is 252 g/mol. The first-order chi connectivity index (χ1) is 9.74. The van der Waals surface area contributed by atoms with Crippen molar-refractivity contribution in [1.82, 2.24) is 10.2 Å². The molecule has 0 aromatic heterocycles. The molecule has 3 aliphatic rings. The molecule has 1 N–H and O–H groups in total. The molecule has 2 unspecified atom stereocenters. The molecule has 1 saturated heterocycles. The van der Waals surface area contributed by atoms with E-state index in [9.17, 15) is 0 Å². The fraction of sp³-hybridized carbons (Fsp3) is 1.00. The van der Waals surface area contributed by atoms with Gasteiger partial charge in [-0.3, -0.25) is 4.90 Å². The number of nitrogens with zero attached hydrogens (tertiary/aromatic N) is 1. The Labute approximate surface area is 123 Å². The largest absolute Gasteiger partial charge is 0.347 e. The van der Waals surface area contributed by atoms with Crippen LogP contribution in [-0.2, 0) is 9.47 Å². The number of likely N-dealkylation sites (N-methyl/N-ethyl adjacent to an activating group) is 2. The van der Waals surface area contributed by atoms with Gasteiger partial charge < -0.3 is 14.8 Å². The van der Waals surface area contributed by atoms with Crippen molar-refractivity contribution in [2.24, 2.45) is 0 Å². The molecule has 1 aliphatic heterocycles. The first kappa shape index (κ1) is 14.8. The smallest absolute Gasteiger partial charge is 0.170 e. The predicted molar refractivity (Wildman–Crippen MR) is 79.8 cm³/mol. The van der Waals surface area contributed by atoms with E-state index in [1.165, 1.54) is 32.1 Å². The first-order valence-corrected chi connectivity index (χ1v) is 8.41. The molecule has 0 amide bonds. The Bertz CT molecular complexity index is 312. The fourth-order valence-electron chi connectivity index (χ4n) is 4.41. The van der Waals surface area contributed by atoms with E-state index in [0.717, 1.165) is 38.5 Å². The zero-order valence-corrected chi connectivity index (χ0v) is 13.1. The summed E-state index contributed by atoms with van der Waals surface area (Å²) in [6.07, 6.45) is 10.1. The summed E-state index contributed by atoms with van der Waals surface area (Å²) in [7, 11) is 4.42. The number of hydrogen-bond acceptors (Lipinski definition) is 4. The SMILES string of the molecule is CNC1CCC2(CC1N(C)C1CCCCC1)OCCO2. The summed E-state index contributed by atoms with van der Waals surface area (Å²) in [5, 5.41) is 3.53. The number of nitrogens with one attached hydrogen (secondary N) is 1. The molecule has 2 atom stereocenters. The summed E-state index contributed by atoms with van der Waals surface area (Å²) >= 11 is 0. The average Bonchev–Trinajstić information content (AvgIpc) is 2.95. The van der Waals surface area contributed by atoms with Crippen LogP contribution >= 0.6 is 0 Å². The van der Waals surface area contributed by atoms with Crippen LogP contribution in [-0.4, -0.2) is 56.1 Å². The van der Waals surface area contributed by atoms with E-state index in [-0.39, 0.29) is 5.79 Å². The highest BCUT2D eigenvalue weighted by Crippen LogP contribution is 2.39. The monoisotopic (exact) mass is 282 g/mol. The van der Waals surface area contributed by atoms with Gasteiger partial charge >= 0.3 is 0 Å². The minimum absolute atomic E-state index is 0.277. The summed E-state index contributed by atoms with van der Waals surface area (Å²) in [5.41, 5.74) is 0. The van der Waals surface area contributed by atoms with Crippen LogP contribution in [0.5, 0.6) is 0 Å². The number of ether oxygens (including phenoxy) is 2. The van der Waals surface area contributed by atoms with Crippen LogP contribution in [0.2, 0.25) is 0 Å². The molecule has 4 heteroatoms. The van der Waals surface area contributed by atoms with E-state index in [2.05, 4.69) is 24.3 Å². The Morgan fingerprint density at radius 1 is 1.05 bits per heavy atom. The molecule has 1 spiro atoms. The third kappa shape index (κ3) is 2.89. The molecule has 2 aliphatic carbocycles. The van der Waals surface area contributed by atoms with Gasteiger partial charge in [-0.25, -0.2) is 0 Å². The normalized spacial score (nSPS) is 35.0. The van der Waals surface area contributed by atoms with Crippen LogP contribution in [0.3, 0.4) is 0 Å². The number of rotatable bonds is 3. The van der Waals surface area contributed by atoms with Crippen LogP contribution in [0.25, 0.3) is 0 Å². The van der Waals surface area contributed by atoms with E-state index in [0.29, 0.717) is 12.1 Å². The molecule has 3 rings (SSSR count). The molecule has 0 aromatic rings. The second-order valence-electron chi connectivity index (χ2n) is 6.77. The van der Waals surface area contributed by atoms with E-state index in [1.807, 2.05) is 0 Å². The zero-order chi connectivity index (χ0) is 14.0. The van der Waals surface area contributed by atoms with Gasteiger partial charge in [0.15, 0.2) is 5.79 Å². The molecule has 0 radical (unpaired) electrons. The van der Waals surface area contributed by atoms with Crippen LogP contribution in [0.4, 0.5) is 0 Å². The van der Waals surface area contributed by atoms with Crippen LogP contribution < -0.4 is 5.32 Å². The van der Waals surface area contributed by atoms with Gasteiger partial charge in [0.25, 0.3) is 0 Å². The maximum atomic E-state index is 5.97. The van der Waals surface area contributed by atoms with Gasteiger partial charge in [-0.2, -0.15) is 0 Å². The maximum absolute atomic E-state index is 5.97. The molecule has 116 valence electrons. The molecule has 3 fully saturated rings. The molecule has 2 saturated carbocycles. The molecule has 1 heterocycles. The quantitative estimate of drug-likeness (QED) is 0.860. The predicted octanol–water partition coefficient (Wildman–Crippen LogP) is 2.13. The molecule has 20 heavy (non-hydrogen) atoms. The van der Waals surface area contributed by atoms with Crippen molar-refractivity contribution >= 4 is 0 Å². The highest BCUT2D eigenvalue weighted by molar-refractivity contribution is 4.97. The molecule has 0 aromatic carbocycles. The minimum Gasteiger partial charge on any atom is -0.347 e. The van der Waals surface area contributed by atoms with Crippen LogP contribution in [0.1, 0.15) is 51.4 Å². The van der Waals surface area contributed by atoms with Gasteiger partial charge in [-0.1, -0.05) is 19.3 Å². The van der Waals surface area contributed by atoms with Gasteiger partial charge in [-0.15, -0.1) is 0 Å². The highest BCUT2D eigenvalue weighted by atomic mass is 16.7. The van der Waals surface area contributed by atoms with Crippen molar-refractivity contribution in [3.05, 3.63) is 0 Å². The maximum Gasteiger partial charge on any atom is 0.170 e. The third-order valence-electron chi connectivity index (χ3n) is 5.68. The third-order valence-corrected chi connectivity index (χ3v) is 5.68. The van der Waals surface area contributed by atoms with Crippen molar-refractivity contribution < 1.29 is 9.47 Å². The average molecular weight is 282 g/mol. The lowest BCUT2D eigenvalue weighted by Gasteiger charge is -2.47. The fourth-order valence-corrected chi connectivity index (χ4v) is 4.41. The highest BCUT2D eigenvalue weighted by Gasteiger charge is 2.46. The van der Waals surface area contributed by atoms with E-state index in [4.69, 9.17) is 9.47 Å². The minimum atomic E-state index is -0.277. The van der Waals surface area contributed by atoms with Crippen molar-refractivity contribution in [3.8, 4) is 0 Å². The van der Waals surface area contributed by atoms with E-state index in [1.54, 1.807) is 0 Å². The topological polar surface area (TPSA) is 33.7 Å². The Kier molecular flexibility index (Phi) is 4.65. The van der Waals surface area contributed by atoms with Crippen molar-refractivity contribution in [2.75, 3.05) is 27.3 Å². The second-order valence-corrected chi connectivity index (χ2v) is 6.77. The van der Waals surface area contributed by atoms with Crippen molar-refractivity contribution in [3.63, 3.8) is 0 Å². The van der Waals surface area contributed by atoms with E-state index < -0.39 is 0 Å².